The lowest BCUT2D eigenvalue weighted by Gasteiger charge is -2.25. The highest BCUT2D eigenvalue weighted by Gasteiger charge is 2.32. The fraction of sp³-hybridized carbons (Fsp3) is 0.235. The normalized spacial score (nSPS) is 17.7. The average molecular weight is 380 g/mol. The number of hydrogen-bond acceptors (Lipinski definition) is 5. The van der Waals surface area contributed by atoms with Crippen LogP contribution in [-0.4, -0.2) is 36.5 Å². The molecule has 1 aliphatic rings. The molecule has 3 rings (SSSR count). The molecule has 0 saturated carbocycles. The van der Waals surface area contributed by atoms with Crippen LogP contribution in [0.3, 0.4) is 0 Å². The molecule has 0 spiro atoms. The number of carbonyl (C=O) groups excluding carboxylic acids is 1. The average Bonchev–Trinajstić information content (AvgIpc) is 2.80. The first-order chi connectivity index (χ1) is 12.3. The predicted molar refractivity (Wildman–Crippen MR) is 89.8 cm³/mol. The first-order valence-electron chi connectivity index (χ1n) is 7.80. The molecule has 0 bridgehead atoms. The molecule has 9 heteroatoms. The quantitative estimate of drug-likeness (QED) is 0.627. The number of sulfonamides is 1. The van der Waals surface area contributed by atoms with Crippen molar-refractivity contribution in [1.82, 2.24) is 9.79 Å². The number of hydroxylamine groups is 1. The van der Waals surface area contributed by atoms with Gasteiger partial charge in [-0.15, -0.1) is 0 Å². The molecule has 2 aromatic rings. The minimum Gasteiger partial charge on any atom is -0.492 e. The van der Waals surface area contributed by atoms with Crippen molar-refractivity contribution >= 4 is 15.9 Å². The highest BCUT2D eigenvalue weighted by Crippen LogP contribution is 2.30. The van der Waals surface area contributed by atoms with Gasteiger partial charge < -0.3 is 4.74 Å². The Kier molecular flexibility index (Phi) is 4.94. The Bertz CT molecular complexity index is 931. The van der Waals surface area contributed by atoms with Gasteiger partial charge in [0.2, 0.25) is 10.0 Å². The fourth-order valence-electron chi connectivity index (χ4n) is 2.71. The van der Waals surface area contributed by atoms with E-state index in [1.807, 2.05) is 0 Å². The Morgan fingerprint density at radius 3 is 2.62 bits per heavy atom. The van der Waals surface area contributed by atoms with Crippen molar-refractivity contribution in [2.45, 2.75) is 24.4 Å². The SMILES string of the molecule is C[C@H]1COc2cc(C(=O)NO)ccc2CN1S(=O)(=O)c1ccc(F)cc1. The molecule has 0 radical (unpaired) electrons. The molecular weight excluding hydrogens is 363 g/mol. The number of ether oxygens (including phenoxy) is 1. The summed E-state index contributed by atoms with van der Waals surface area (Å²) in [6.07, 6.45) is 0. The summed E-state index contributed by atoms with van der Waals surface area (Å²) in [5.74, 6) is -0.838. The lowest BCUT2D eigenvalue weighted by atomic mass is 10.1. The van der Waals surface area contributed by atoms with E-state index in [-0.39, 0.29) is 23.6 Å². The smallest absolute Gasteiger partial charge is 0.274 e. The molecule has 1 atom stereocenters. The molecule has 7 nitrogen and oxygen atoms in total. The van der Waals surface area contributed by atoms with Crippen LogP contribution >= 0.6 is 0 Å². The Labute approximate surface area is 150 Å². The van der Waals surface area contributed by atoms with Crippen molar-refractivity contribution in [3.8, 4) is 5.75 Å². The Hall–Kier alpha value is -2.49. The van der Waals surface area contributed by atoms with Gasteiger partial charge in [0.15, 0.2) is 0 Å². The molecule has 0 aliphatic carbocycles. The molecule has 0 saturated heterocycles. The van der Waals surface area contributed by atoms with Crippen molar-refractivity contribution < 1.29 is 27.5 Å². The third kappa shape index (κ3) is 3.41. The lowest BCUT2D eigenvalue weighted by Crippen LogP contribution is -2.39. The van der Waals surface area contributed by atoms with Crippen LogP contribution in [0.15, 0.2) is 47.4 Å². The second kappa shape index (κ2) is 7.02. The van der Waals surface area contributed by atoms with E-state index in [9.17, 15) is 17.6 Å². The molecule has 1 amide bonds. The van der Waals surface area contributed by atoms with Crippen molar-refractivity contribution in [2.75, 3.05) is 6.61 Å². The van der Waals surface area contributed by atoms with E-state index < -0.39 is 27.8 Å². The van der Waals surface area contributed by atoms with Gasteiger partial charge in [-0.3, -0.25) is 10.0 Å². The summed E-state index contributed by atoms with van der Waals surface area (Å²) in [6, 6.07) is 8.64. The number of fused-ring (bicyclic) bond motifs is 1. The van der Waals surface area contributed by atoms with Crippen LogP contribution in [0.2, 0.25) is 0 Å². The van der Waals surface area contributed by atoms with Crippen molar-refractivity contribution in [2.24, 2.45) is 0 Å². The lowest BCUT2D eigenvalue weighted by molar-refractivity contribution is 0.0706. The van der Waals surface area contributed by atoms with Gasteiger partial charge in [-0.1, -0.05) is 6.07 Å². The van der Waals surface area contributed by atoms with Crippen LogP contribution in [0.25, 0.3) is 0 Å². The fourth-order valence-corrected chi connectivity index (χ4v) is 4.30. The van der Waals surface area contributed by atoms with Crippen LogP contribution in [0.4, 0.5) is 4.39 Å². The van der Waals surface area contributed by atoms with Crippen LogP contribution in [0.5, 0.6) is 5.75 Å². The number of carbonyl (C=O) groups is 1. The number of rotatable bonds is 3. The molecule has 138 valence electrons. The molecule has 2 N–H and O–H groups in total. The Morgan fingerprint density at radius 1 is 1.27 bits per heavy atom. The number of benzene rings is 2. The number of hydrogen-bond donors (Lipinski definition) is 2. The summed E-state index contributed by atoms with van der Waals surface area (Å²) < 4.78 is 45.9. The second-order valence-corrected chi connectivity index (χ2v) is 7.82. The van der Waals surface area contributed by atoms with Crippen LogP contribution in [0, 0.1) is 5.82 Å². The highest BCUT2D eigenvalue weighted by molar-refractivity contribution is 7.89. The van der Waals surface area contributed by atoms with E-state index in [0.717, 1.165) is 12.1 Å². The molecular formula is C17H17FN2O5S. The minimum absolute atomic E-state index is 0.00882. The van der Waals surface area contributed by atoms with E-state index in [4.69, 9.17) is 9.94 Å². The van der Waals surface area contributed by atoms with Crippen molar-refractivity contribution in [3.63, 3.8) is 0 Å². The number of nitrogens with zero attached hydrogens (tertiary/aromatic N) is 1. The molecule has 0 fully saturated rings. The molecule has 1 heterocycles. The van der Waals surface area contributed by atoms with E-state index in [2.05, 4.69) is 0 Å². The number of halogens is 1. The summed E-state index contributed by atoms with van der Waals surface area (Å²) in [4.78, 5) is 11.5. The zero-order chi connectivity index (χ0) is 18.9. The van der Waals surface area contributed by atoms with Crippen molar-refractivity contribution in [1.29, 1.82) is 0 Å². The monoisotopic (exact) mass is 380 g/mol. The molecule has 0 unspecified atom stereocenters. The third-order valence-corrected chi connectivity index (χ3v) is 6.12. The highest BCUT2D eigenvalue weighted by atomic mass is 32.2. The number of nitrogens with one attached hydrogen (secondary N) is 1. The molecule has 1 aliphatic heterocycles. The zero-order valence-corrected chi connectivity index (χ0v) is 14.7. The van der Waals surface area contributed by atoms with E-state index in [1.165, 1.54) is 28.6 Å². The molecule has 2 aromatic carbocycles. The number of amides is 1. The predicted octanol–water partition coefficient (Wildman–Crippen LogP) is 1.92. The Morgan fingerprint density at radius 2 is 1.96 bits per heavy atom. The zero-order valence-electron chi connectivity index (χ0n) is 13.8. The first kappa shape index (κ1) is 18.3. The maximum atomic E-state index is 13.1. The summed E-state index contributed by atoms with van der Waals surface area (Å²) in [5, 5.41) is 8.73. The molecule has 26 heavy (non-hydrogen) atoms. The largest absolute Gasteiger partial charge is 0.492 e. The summed E-state index contributed by atoms with van der Waals surface area (Å²) >= 11 is 0. The second-order valence-electron chi connectivity index (χ2n) is 5.93. The van der Waals surface area contributed by atoms with Crippen molar-refractivity contribution in [3.05, 3.63) is 59.4 Å². The van der Waals surface area contributed by atoms with Gasteiger partial charge in [0.1, 0.15) is 18.2 Å². The van der Waals surface area contributed by atoms with E-state index in [0.29, 0.717) is 11.3 Å². The van der Waals surface area contributed by atoms with Gasteiger partial charge in [-0.25, -0.2) is 18.3 Å². The van der Waals surface area contributed by atoms with Gasteiger partial charge in [-0.2, -0.15) is 4.31 Å². The van der Waals surface area contributed by atoms with Crippen LogP contribution in [0.1, 0.15) is 22.8 Å². The van der Waals surface area contributed by atoms with Gasteiger partial charge in [0.05, 0.1) is 10.9 Å². The van der Waals surface area contributed by atoms with Gasteiger partial charge in [0.25, 0.3) is 5.91 Å². The van der Waals surface area contributed by atoms with Gasteiger partial charge in [-0.05, 0) is 43.3 Å². The van der Waals surface area contributed by atoms with Crippen LogP contribution < -0.4 is 10.2 Å². The summed E-state index contributed by atoms with van der Waals surface area (Å²) in [6.45, 7) is 1.82. The molecule has 0 aromatic heterocycles. The summed E-state index contributed by atoms with van der Waals surface area (Å²) in [7, 11) is -3.86. The maximum Gasteiger partial charge on any atom is 0.274 e. The standard InChI is InChI=1S/C17H17FN2O5S/c1-11-10-25-16-8-12(17(21)19-22)2-3-13(16)9-20(11)26(23,24)15-6-4-14(18)5-7-15/h2-8,11,22H,9-10H2,1H3,(H,19,21)/t11-/m0/s1. The minimum atomic E-state index is -3.86. The summed E-state index contributed by atoms with van der Waals surface area (Å²) in [5.41, 5.74) is 2.31. The van der Waals surface area contributed by atoms with E-state index in [1.54, 1.807) is 18.5 Å². The van der Waals surface area contributed by atoms with E-state index >= 15 is 0 Å². The Balaban J connectivity index is 1.97. The first-order valence-corrected chi connectivity index (χ1v) is 9.24. The maximum absolute atomic E-state index is 13.1. The topological polar surface area (TPSA) is 95.9 Å². The van der Waals surface area contributed by atoms with Gasteiger partial charge >= 0.3 is 0 Å². The van der Waals surface area contributed by atoms with Gasteiger partial charge in [0, 0.05) is 17.7 Å². The van der Waals surface area contributed by atoms with Crippen LogP contribution in [-0.2, 0) is 16.6 Å². The third-order valence-electron chi connectivity index (χ3n) is 4.15.